The average molecular weight is 316 g/mol. The lowest BCUT2D eigenvalue weighted by Crippen LogP contribution is -2.18. The number of anilines is 2. The molecule has 0 aliphatic rings. The molecule has 2 rings (SSSR count). The molecule has 0 fully saturated rings. The van der Waals surface area contributed by atoms with Crippen LogP contribution in [0.2, 0.25) is 5.02 Å². The quantitative estimate of drug-likeness (QED) is 0.890. The van der Waals surface area contributed by atoms with E-state index in [2.05, 4.69) is 10.3 Å². The van der Waals surface area contributed by atoms with Gasteiger partial charge < -0.3 is 11.1 Å². The lowest BCUT2D eigenvalue weighted by atomic mass is 10.1. The van der Waals surface area contributed by atoms with Gasteiger partial charge in [-0.2, -0.15) is 13.2 Å². The maximum Gasteiger partial charge on any atom is 0.418 e. The number of amides is 1. The number of para-hydroxylation sites is 1. The fraction of sp³-hybridized carbons (Fsp3) is 0.0769. The fourth-order valence-electron chi connectivity index (χ4n) is 1.66. The summed E-state index contributed by atoms with van der Waals surface area (Å²) < 4.78 is 38.7. The lowest BCUT2D eigenvalue weighted by Gasteiger charge is -2.15. The Kier molecular flexibility index (Phi) is 4.04. The van der Waals surface area contributed by atoms with Crippen molar-refractivity contribution in [3.63, 3.8) is 0 Å². The lowest BCUT2D eigenvalue weighted by molar-refractivity contribution is -0.136. The van der Waals surface area contributed by atoms with Gasteiger partial charge in [0.15, 0.2) is 0 Å². The number of carbonyl (C=O) groups is 1. The van der Waals surface area contributed by atoms with Gasteiger partial charge in [0.05, 0.1) is 21.8 Å². The van der Waals surface area contributed by atoms with Crippen LogP contribution in [0.15, 0.2) is 36.7 Å². The van der Waals surface area contributed by atoms with Crippen molar-refractivity contribution in [2.45, 2.75) is 6.18 Å². The van der Waals surface area contributed by atoms with Crippen LogP contribution in [0.3, 0.4) is 0 Å². The van der Waals surface area contributed by atoms with E-state index >= 15 is 0 Å². The summed E-state index contributed by atoms with van der Waals surface area (Å²) in [5.41, 5.74) is 4.09. The molecule has 0 spiro atoms. The third kappa shape index (κ3) is 3.25. The molecular formula is C13H9ClF3N3O. The Labute approximate surface area is 122 Å². The second-order valence-electron chi connectivity index (χ2n) is 4.08. The first-order valence-electron chi connectivity index (χ1n) is 5.67. The molecule has 110 valence electrons. The molecule has 1 amide bonds. The Bertz CT molecular complexity index is 689. The highest BCUT2D eigenvalue weighted by atomic mass is 35.5. The van der Waals surface area contributed by atoms with E-state index in [1.807, 2.05) is 0 Å². The van der Waals surface area contributed by atoms with Crippen LogP contribution in [0.1, 0.15) is 15.9 Å². The van der Waals surface area contributed by atoms with Crippen LogP contribution in [0.25, 0.3) is 0 Å². The molecule has 0 aliphatic heterocycles. The molecule has 0 saturated carbocycles. The van der Waals surface area contributed by atoms with Gasteiger partial charge in [-0.1, -0.05) is 17.7 Å². The van der Waals surface area contributed by atoms with Crippen molar-refractivity contribution in [3.8, 4) is 0 Å². The highest BCUT2D eigenvalue weighted by Crippen LogP contribution is 2.38. The van der Waals surface area contributed by atoms with Gasteiger partial charge in [-0.15, -0.1) is 0 Å². The van der Waals surface area contributed by atoms with Gasteiger partial charge >= 0.3 is 6.18 Å². The van der Waals surface area contributed by atoms with Crippen molar-refractivity contribution in [2.24, 2.45) is 0 Å². The van der Waals surface area contributed by atoms with Gasteiger partial charge in [-0.3, -0.25) is 9.78 Å². The maximum absolute atomic E-state index is 12.9. The van der Waals surface area contributed by atoms with E-state index in [0.717, 1.165) is 18.3 Å². The summed E-state index contributed by atoms with van der Waals surface area (Å²) in [7, 11) is 0. The predicted molar refractivity (Wildman–Crippen MR) is 73.1 cm³/mol. The third-order valence-corrected chi connectivity index (χ3v) is 2.97. The molecule has 1 heterocycles. The number of halogens is 4. The normalized spacial score (nSPS) is 11.2. The Morgan fingerprint density at radius 2 is 2.00 bits per heavy atom. The average Bonchev–Trinajstić information content (AvgIpc) is 2.40. The fourth-order valence-corrected chi connectivity index (χ4v) is 1.88. The largest absolute Gasteiger partial charge is 0.418 e. The first kappa shape index (κ1) is 15.1. The number of nitrogen functional groups attached to an aromatic ring is 1. The monoisotopic (exact) mass is 315 g/mol. The highest BCUT2D eigenvalue weighted by Gasteiger charge is 2.35. The zero-order chi connectivity index (χ0) is 15.6. The van der Waals surface area contributed by atoms with Gasteiger partial charge in [0.2, 0.25) is 0 Å². The highest BCUT2D eigenvalue weighted by molar-refractivity contribution is 6.34. The van der Waals surface area contributed by atoms with E-state index < -0.39 is 23.3 Å². The van der Waals surface area contributed by atoms with Crippen LogP contribution in [0, 0.1) is 0 Å². The van der Waals surface area contributed by atoms with Crippen LogP contribution in [-0.4, -0.2) is 10.9 Å². The number of nitrogens with zero attached hydrogens (tertiary/aromatic N) is 1. The summed E-state index contributed by atoms with van der Waals surface area (Å²) in [6.07, 6.45) is -2.12. The summed E-state index contributed by atoms with van der Waals surface area (Å²) in [6, 6.07) is 4.60. The second kappa shape index (κ2) is 5.61. The van der Waals surface area contributed by atoms with Gasteiger partial charge in [0.25, 0.3) is 5.91 Å². The number of pyridine rings is 1. The molecule has 0 bridgehead atoms. The standard InChI is InChI=1S/C13H9ClF3N3O/c14-9-3-1-2-8(13(15,16)17)11(9)20-12(21)7-6-19-5-4-10(7)18/h1-6H,(H2,18,19)(H,20,21). The molecule has 1 aromatic carbocycles. The number of aromatic nitrogens is 1. The van der Waals surface area contributed by atoms with Crippen molar-refractivity contribution in [1.82, 2.24) is 4.98 Å². The van der Waals surface area contributed by atoms with Gasteiger partial charge in [-0.25, -0.2) is 0 Å². The third-order valence-electron chi connectivity index (χ3n) is 2.66. The van der Waals surface area contributed by atoms with E-state index in [1.165, 1.54) is 18.3 Å². The zero-order valence-electron chi connectivity index (χ0n) is 10.4. The van der Waals surface area contributed by atoms with E-state index in [1.54, 1.807) is 0 Å². The van der Waals surface area contributed by atoms with Crippen molar-refractivity contribution >= 4 is 28.9 Å². The van der Waals surface area contributed by atoms with E-state index in [0.29, 0.717) is 0 Å². The molecule has 0 unspecified atom stereocenters. The first-order valence-corrected chi connectivity index (χ1v) is 6.05. The van der Waals surface area contributed by atoms with Gasteiger partial charge in [-0.05, 0) is 18.2 Å². The van der Waals surface area contributed by atoms with Crippen molar-refractivity contribution in [1.29, 1.82) is 0 Å². The summed E-state index contributed by atoms with van der Waals surface area (Å²) in [4.78, 5) is 15.7. The molecule has 0 aliphatic carbocycles. The molecule has 21 heavy (non-hydrogen) atoms. The summed E-state index contributed by atoms with van der Waals surface area (Å²) in [6.45, 7) is 0. The maximum atomic E-state index is 12.9. The number of alkyl halides is 3. The molecule has 3 N–H and O–H groups in total. The molecular weight excluding hydrogens is 307 g/mol. The van der Waals surface area contributed by atoms with Gasteiger partial charge in [0.1, 0.15) is 0 Å². The molecule has 0 radical (unpaired) electrons. The number of carbonyl (C=O) groups excluding carboxylic acids is 1. The SMILES string of the molecule is Nc1ccncc1C(=O)Nc1c(Cl)cccc1C(F)(F)F. The molecule has 2 aromatic rings. The number of nitrogens with two attached hydrogens (primary N) is 1. The van der Waals surface area contributed by atoms with Crippen molar-refractivity contribution in [3.05, 3.63) is 52.8 Å². The minimum atomic E-state index is -4.64. The molecule has 8 heteroatoms. The van der Waals surface area contributed by atoms with E-state index in [9.17, 15) is 18.0 Å². The molecule has 4 nitrogen and oxygen atoms in total. The Morgan fingerprint density at radius 3 is 2.62 bits per heavy atom. The second-order valence-corrected chi connectivity index (χ2v) is 4.48. The Morgan fingerprint density at radius 1 is 1.29 bits per heavy atom. The number of benzene rings is 1. The van der Waals surface area contributed by atoms with E-state index in [-0.39, 0.29) is 16.3 Å². The van der Waals surface area contributed by atoms with Crippen LogP contribution < -0.4 is 11.1 Å². The molecule has 0 atom stereocenters. The van der Waals surface area contributed by atoms with Gasteiger partial charge in [0, 0.05) is 18.1 Å². The van der Waals surface area contributed by atoms with Crippen LogP contribution in [-0.2, 0) is 6.18 Å². The Hall–Kier alpha value is -2.28. The number of nitrogens with one attached hydrogen (secondary N) is 1. The van der Waals surface area contributed by atoms with E-state index in [4.69, 9.17) is 17.3 Å². The van der Waals surface area contributed by atoms with Crippen LogP contribution >= 0.6 is 11.6 Å². The number of hydrogen-bond acceptors (Lipinski definition) is 3. The topological polar surface area (TPSA) is 68.0 Å². The zero-order valence-corrected chi connectivity index (χ0v) is 11.2. The number of hydrogen-bond donors (Lipinski definition) is 2. The van der Waals surface area contributed by atoms with Crippen molar-refractivity contribution in [2.75, 3.05) is 11.1 Å². The van der Waals surface area contributed by atoms with Crippen LogP contribution in [0.5, 0.6) is 0 Å². The smallest absolute Gasteiger partial charge is 0.398 e. The summed E-state index contributed by atoms with van der Waals surface area (Å²) in [5.74, 6) is -0.820. The Balaban J connectivity index is 2.41. The van der Waals surface area contributed by atoms with Crippen molar-refractivity contribution < 1.29 is 18.0 Å². The first-order chi connectivity index (χ1) is 9.80. The minimum Gasteiger partial charge on any atom is -0.398 e. The van der Waals surface area contributed by atoms with Crippen LogP contribution in [0.4, 0.5) is 24.5 Å². The molecule has 1 aromatic heterocycles. The predicted octanol–water partition coefficient (Wildman–Crippen LogP) is 3.59. The number of rotatable bonds is 2. The summed E-state index contributed by atoms with van der Waals surface area (Å²) in [5, 5.41) is 1.91. The summed E-state index contributed by atoms with van der Waals surface area (Å²) >= 11 is 5.75. The minimum absolute atomic E-state index is 0.0365. The molecule has 0 saturated heterocycles.